The molecule has 7 heteroatoms. The van der Waals surface area contributed by atoms with Crippen molar-refractivity contribution in [2.75, 3.05) is 6.61 Å². The van der Waals surface area contributed by atoms with Crippen LogP contribution in [0.3, 0.4) is 0 Å². The van der Waals surface area contributed by atoms with Gasteiger partial charge in [-0.2, -0.15) is 0 Å². The monoisotopic (exact) mass is 432 g/mol. The van der Waals surface area contributed by atoms with Crippen molar-refractivity contribution in [1.82, 2.24) is 9.97 Å². The molecule has 3 heterocycles. The molecule has 0 amide bonds. The second kappa shape index (κ2) is 8.43. The van der Waals surface area contributed by atoms with Gasteiger partial charge < -0.3 is 19.3 Å². The van der Waals surface area contributed by atoms with Gasteiger partial charge in [-0.1, -0.05) is 6.07 Å². The van der Waals surface area contributed by atoms with Gasteiger partial charge in [0.1, 0.15) is 42.4 Å². The summed E-state index contributed by atoms with van der Waals surface area (Å²) in [5.74, 6) is 1.49. The molecule has 6 nitrogen and oxygen atoms in total. The fourth-order valence-electron chi connectivity index (χ4n) is 3.67. The van der Waals surface area contributed by atoms with E-state index in [0.29, 0.717) is 34.0 Å². The molecular weight excluding hydrogens is 411 g/mol. The van der Waals surface area contributed by atoms with E-state index >= 15 is 0 Å². The van der Waals surface area contributed by atoms with E-state index in [1.54, 1.807) is 42.6 Å². The summed E-state index contributed by atoms with van der Waals surface area (Å²) in [5.41, 5.74) is 2.76. The number of hydrogen-bond acceptors (Lipinski definition) is 6. The summed E-state index contributed by atoms with van der Waals surface area (Å²) in [6.07, 6.45) is 0.246. The maximum atomic E-state index is 13.4. The smallest absolute Gasteiger partial charge is 0.163 e. The summed E-state index contributed by atoms with van der Waals surface area (Å²) in [6.45, 7) is 2.31. The van der Waals surface area contributed by atoms with Gasteiger partial charge in [0.05, 0.1) is 16.9 Å². The molecule has 1 aliphatic rings. The van der Waals surface area contributed by atoms with E-state index in [9.17, 15) is 9.50 Å². The largest absolute Gasteiger partial charge is 0.489 e. The summed E-state index contributed by atoms with van der Waals surface area (Å²) < 4.78 is 31.0. The molecule has 0 radical (unpaired) electrons. The van der Waals surface area contributed by atoms with Crippen molar-refractivity contribution < 1.29 is 23.7 Å². The minimum atomic E-state index is -0.879. The lowest BCUT2D eigenvalue weighted by Crippen LogP contribution is -2.35. The number of aliphatic hydroxyl groups excluding tert-OH is 1. The first kappa shape index (κ1) is 20.2. The third-order valence-corrected chi connectivity index (χ3v) is 5.39. The SMILES string of the molecule is Cc1ncccc1OC1COc2ccc(OCc3ccc4cc(F)ccc4n3)cc2C1O. The Kier molecular flexibility index (Phi) is 5.33. The Bertz CT molecular complexity index is 1280. The zero-order valence-electron chi connectivity index (χ0n) is 17.4. The van der Waals surface area contributed by atoms with Crippen molar-refractivity contribution in [3.8, 4) is 17.2 Å². The van der Waals surface area contributed by atoms with Crippen LogP contribution in [0.4, 0.5) is 4.39 Å². The molecule has 162 valence electrons. The van der Waals surface area contributed by atoms with Gasteiger partial charge in [0.2, 0.25) is 0 Å². The van der Waals surface area contributed by atoms with Gasteiger partial charge in [-0.05, 0) is 61.5 Å². The lowest BCUT2D eigenvalue weighted by atomic mass is 10.0. The predicted octanol–water partition coefficient (Wildman–Crippen LogP) is 4.53. The molecule has 0 bridgehead atoms. The number of aromatic nitrogens is 2. The first-order valence-corrected chi connectivity index (χ1v) is 10.3. The number of aliphatic hydroxyl groups is 1. The number of rotatable bonds is 5. The zero-order chi connectivity index (χ0) is 22.1. The molecule has 0 saturated heterocycles. The molecule has 5 rings (SSSR count). The van der Waals surface area contributed by atoms with Gasteiger partial charge >= 0.3 is 0 Å². The van der Waals surface area contributed by atoms with Crippen LogP contribution in [-0.4, -0.2) is 27.8 Å². The summed E-state index contributed by atoms with van der Waals surface area (Å²) in [7, 11) is 0. The summed E-state index contributed by atoms with van der Waals surface area (Å²) in [5, 5.41) is 11.6. The number of aryl methyl sites for hydroxylation is 1. The minimum absolute atomic E-state index is 0.226. The second-order valence-corrected chi connectivity index (χ2v) is 7.63. The standard InChI is InChI=1S/C25H21FN2O4/c1-15-22(3-2-10-27-15)32-24-14-31-23-9-7-19(12-20(23)25(24)29)30-13-18-6-4-16-11-17(26)5-8-21(16)28-18/h2-12,24-25,29H,13-14H2,1H3. The molecule has 2 aromatic heterocycles. The van der Waals surface area contributed by atoms with Gasteiger partial charge in [-0.25, -0.2) is 9.37 Å². The Labute approximate surface area is 184 Å². The second-order valence-electron chi connectivity index (χ2n) is 7.63. The van der Waals surface area contributed by atoms with Crippen LogP contribution in [0.1, 0.15) is 23.1 Å². The van der Waals surface area contributed by atoms with Crippen LogP contribution in [0.25, 0.3) is 10.9 Å². The van der Waals surface area contributed by atoms with Crippen LogP contribution >= 0.6 is 0 Å². The van der Waals surface area contributed by atoms with Gasteiger partial charge in [0.15, 0.2) is 6.10 Å². The van der Waals surface area contributed by atoms with Crippen LogP contribution in [-0.2, 0) is 6.61 Å². The highest BCUT2D eigenvalue weighted by Crippen LogP contribution is 2.37. The molecule has 4 aromatic rings. The maximum absolute atomic E-state index is 13.4. The van der Waals surface area contributed by atoms with Crippen molar-refractivity contribution in [2.45, 2.75) is 25.7 Å². The van der Waals surface area contributed by atoms with Gasteiger partial charge in [-0.3, -0.25) is 4.98 Å². The van der Waals surface area contributed by atoms with E-state index in [-0.39, 0.29) is 19.0 Å². The number of benzene rings is 2. The molecule has 32 heavy (non-hydrogen) atoms. The quantitative estimate of drug-likeness (QED) is 0.500. The Balaban J connectivity index is 1.31. The normalized spacial score (nSPS) is 17.5. The highest BCUT2D eigenvalue weighted by Gasteiger charge is 2.32. The molecule has 1 N–H and O–H groups in total. The van der Waals surface area contributed by atoms with Crippen LogP contribution in [0.5, 0.6) is 17.2 Å². The fraction of sp³-hybridized carbons (Fsp3) is 0.200. The number of ether oxygens (including phenoxy) is 3. The number of halogens is 1. The topological polar surface area (TPSA) is 73.7 Å². The first-order chi connectivity index (χ1) is 15.6. The van der Waals surface area contributed by atoms with Crippen LogP contribution < -0.4 is 14.2 Å². The number of pyridine rings is 2. The number of nitrogens with zero attached hydrogens (tertiary/aromatic N) is 2. The molecule has 2 aromatic carbocycles. The molecular formula is C25H21FN2O4. The van der Waals surface area contributed by atoms with Gasteiger partial charge in [0.25, 0.3) is 0 Å². The molecule has 0 fully saturated rings. The third kappa shape index (κ3) is 4.07. The first-order valence-electron chi connectivity index (χ1n) is 10.3. The van der Waals surface area contributed by atoms with E-state index in [1.807, 2.05) is 19.1 Å². The van der Waals surface area contributed by atoms with Crippen LogP contribution in [0.15, 0.2) is 66.9 Å². The summed E-state index contributed by atoms with van der Waals surface area (Å²) >= 11 is 0. The third-order valence-electron chi connectivity index (χ3n) is 5.39. The highest BCUT2D eigenvalue weighted by molar-refractivity contribution is 5.78. The molecule has 0 aliphatic carbocycles. The van der Waals surface area contributed by atoms with Crippen LogP contribution in [0, 0.1) is 12.7 Å². The lowest BCUT2D eigenvalue weighted by Gasteiger charge is -2.31. The zero-order valence-corrected chi connectivity index (χ0v) is 17.4. The number of hydrogen-bond donors (Lipinski definition) is 1. The average Bonchev–Trinajstić information content (AvgIpc) is 2.81. The molecule has 2 atom stereocenters. The molecule has 0 saturated carbocycles. The van der Waals surface area contributed by atoms with Crippen molar-refractivity contribution in [2.24, 2.45) is 0 Å². The fourth-order valence-corrected chi connectivity index (χ4v) is 3.67. The predicted molar refractivity (Wildman–Crippen MR) is 116 cm³/mol. The van der Waals surface area contributed by atoms with E-state index < -0.39 is 12.2 Å². The van der Waals surface area contributed by atoms with Gasteiger partial charge in [0, 0.05) is 17.1 Å². The lowest BCUT2D eigenvalue weighted by molar-refractivity contribution is -0.0109. The van der Waals surface area contributed by atoms with Crippen molar-refractivity contribution >= 4 is 10.9 Å². The summed E-state index contributed by atoms with van der Waals surface area (Å²) in [6, 6.07) is 17.0. The molecule has 0 spiro atoms. The minimum Gasteiger partial charge on any atom is -0.489 e. The van der Waals surface area contributed by atoms with Crippen LogP contribution in [0.2, 0.25) is 0 Å². The molecule has 1 aliphatic heterocycles. The van der Waals surface area contributed by atoms with Gasteiger partial charge in [-0.15, -0.1) is 0 Å². The Morgan fingerprint density at radius 1 is 1.12 bits per heavy atom. The van der Waals surface area contributed by atoms with E-state index in [1.165, 1.54) is 12.1 Å². The summed E-state index contributed by atoms with van der Waals surface area (Å²) in [4.78, 5) is 8.72. The van der Waals surface area contributed by atoms with Crippen molar-refractivity contribution in [3.05, 3.63) is 89.6 Å². The van der Waals surface area contributed by atoms with Crippen molar-refractivity contribution in [1.29, 1.82) is 0 Å². The van der Waals surface area contributed by atoms with Crippen molar-refractivity contribution in [3.63, 3.8) is 0 Å². The van der Waals surface area contributed by atoms with E-state index in [0.717, 1.165) is 11.1 Å². The maximum Gasteiger partial charge on any atom is 0.163 e. The Morgan fingerprint density at radius 3 is 2.91 bits per heavy atom. The Hall–Kier alpha value is -3.71. The Morgan fingerprint density at radius 2 is 2.03 bits per heavy atom. The highest BCUT2D eigenvalue weighted by atomic mass is 19.1. The van der Waals surface area contributed by atoms with E-state index in [2.05, 4.69) is 9.97 Å². The van der Waals surface area contributed by atoms with E-state index in [4.69, 9.17) is 14.2 Å². The number of fused-ring (bicyclic) bond motifs is 2. The molecule has 2 unspecified atom stereocenters. The average molecular weight is 432 g/mol.